The number of halogens is 1. The number of methoxy groups -OCH3 is 1. The smallest absolute Gasteiger partial charge is 0.365 e. The fraction of sp³-hybridized carbons (Fsp3) is 0.154. The van der Waals surface area contributed by atoms with E-state index in [1.165, 1.54) is 6.07 Å². The molecule has 0 aliphatic carbocycles. The Balaban J connectivity index is 2.14. The SMILES string of the molecule is COc1ccc(COc2ccnc(F)c2[N+](=O)[O-])cc1. The number of pyridine rings is 1. The fourth-order valence-electron chi connectivity index (χ4n) is 1.58. The van der Waals surface area contributed by atoms with E-state index in [1.807, 2.05) is 0 Å². The summed E-state index contributed by atoms with van der Waals surface area (Å²) in [6.45, 7) is 0.0777. The molecule has 104 valence electrons. The number of hydrogen-bond acceptors (Lipinski definition) is 5. The van der Waals surface area contributed by atoms with Crippen LogP contribution < -0.4 is 9.47 Å². The van der Waals surface area contributed by atoms with Gasteiger partial charge in [0, 0.05) is 12.3 Å². The van der Waals surface area contributed by atoms with Crippen molar-refractivity contribution >= 4 is 5.69 Å². The average Bonchev–Trinajstić information content (AvgIpc) is 2.45. The maximum atomic E-state index is 13.3. The van der Waals surface area contributed by atoms with Gasteiger partial charge < -0.3 is 9.47 Å². The molecular formula is C13H11FN2O4. The lowest BCUT2D eigenvalue weighted by Gasteiger charge is -2.07. The van der Waals surface area contributed by atoms with Crippen LogP contribution in [0.25, 0.3) is 0 Å². The van der Waals surface area contributed by atoms with Gasteiger partial charge in [-0.15, -0.1) is 0 Å². The Labute approximate surface area is 113 Å². The third-order valence-electron chi connectivity index (χ3n) is 2.58. The molecule has 0 aliphatic rings. The molecule has 0 amide bonds. The van der Waals surface area contributed by atoms with E-state index in [0.717, 1.165) is 11.8 Å². The molecule has 0 aliphatic heterocycles. The average molecular weight is 278 g/mol. The second kappa shape index (κ2) is 5.96. The van der Waals surface area contributed by atoms with Gasteiger partial charge in [-0.3, -0.25) is 10.1 Å². The predicted octanol–water partition coefficient (Wildman–Crippen LogP) is 2.72. The molecule has 1 aromatic heterocycles. The third kappa shape index (κ3) is 3.00. The van der Waals surface area contributed by atoms with Crippen LogP contribution in [0.3, 0.4) is 0 Å². The second-order valence-electron chi connectivity index (χ2n) is 3.84. The molecule has 0 radical (unpaired) electrons. The van der Waals surface area contributed by atoms with E-state index in [-0.39, 0.29) is 12.4 Å². The molecule has 2 aromatic rings. The van der Waals surface area contributed by atoms with Crippen molar-refractivity contribution in [2.45, 2.75) is 6.61 Å². The number of aromatic nitrogens is 1. The van der Waals surface area contributed by atoms with Gasteiger partial charge in [-0.25, -0.2) is 4.98 Å². The maximum absolute atomic E-state index is 13.3. The number of nitrogens with zero attached hydrogens (tertiary/aromatic N) is 2. The minimum Gasteiger partial charge on any atom is -0.497 e. The van der Waals surface area contributed by atoms with Crippen molar-refractivity contribution in [1.29, 1.82) is 0 Å². The summed E-state index contributed by atoms with van der Waals surface area (Å²) in [5.41, 5.74) is 0.0123. The number of hydrogen-bond donors (Lipinski definition) is 0. The number of nitro groups is 1. The molecule has 0 saturated heterocycles. The Morgan fingerprint density at radius 3 is 2.60 bits per heavy atom. The fourth-order valence-corrected chi connectivity index (χ4v) is 1.58. The van der Waals surface area contributed by atoms with Crippen LogP contribution in [0.1, 0.15) is 5.56 Å². The van der Waals surface area contributed by atoms with Crippen molar-refractivity contribution < 1.29 is 18.8 Å². The zero-order valence-electron chi connectivity index (χ0n) is 10.6. The van der Waals surface area contributed by atoms with Crippen molar-refractivity contribution in [2.24, 2.45) is 0 Å². The normalized spacial score (nSPS) is 10.1. The lowest BCUT2D eigenvalue weighted by Crippen LogP contribution is -2.02. The molecule has 0 spiro atoms. The monoisotopic (exact) mass is 278 g/mol. The van der Waals surface area contributed by atoms with Gasteiger partial charge in [0.25, 0.3) is 5.95 Å². The minimum atomic E-state index is -1.16. The molecule has 0 N–H and O–H groups in total. The van der Waals surface area contributed by atoms with E-state index in [1.54, 1.807) is 31.4 Å². The zero-order valence-corrected chi connectivity index (χ0v) is 10.6. The number of ether oxygens (including phenoxy) is 2. The minimum absolute atomic E-state index is 0.0777. The summed E-state index contributed by atoms with van der Waals surface area (Å²) >= 11 is 0. The Kier molecular flexibility index (Phi) is 4.09. The summed E-state index contributed by atoms with van der Waals surface area (Å²) in [6.07, 6.45) is 1.12. The Bertz CT molecular complexity index is 616. The van der Waals surface area contributed by atoms with Crippen molar-refractivity contribution in [2.75, 3.05) is 7.11 Å². The van der Waals surface area contributed by atoms with Crippen LogP contribution in [0.5, 0.6) is 11.5 Å². The van der Waals surface area contributed by atoms with Crippen molar-refractivity contribution in [3.8, 4) is 11.5 Å². The van der Waals surface area contributed by atoms with E-state index in [0.29, 0.717) is 5.75 Å². The van der Waals surface area contributed by atoms with E-state index in [9.17, 15) is 14.5 Å². The highest BCUT2D eigenvalue weighted by atomic mass is 19.1. The molecule has 0 unspecified atom stereocenters. The first-order valence-electron chi connectivity index (χ1n) is 5.66. The van der Waals surface area contributed by atoms with Crippen LogP contribution in [0.2, 0.25) is 0 Å². The highest BCUT2D eigenvalue weighted by Crippen LogP contribution is 2.28. The quantitative estimate of drug-likeness (QED) is 0.477. The van der Waals surface area contributed by atoms with Gasteiger partial charge in [0.1, 0.15) is 12.4 Å². The van der Waals surface area contributed by atoms with Crippen LogP contribution in [-0.2, 0) is 6.61 Å². The summed E-state index contributed by atoms with van der Waals surface area (Å²) in [5.74, 6) is -0.629. The second-order valence-corrected chi connectivity index (χ2v) is 3.84. The number of benzene rings is 1. The molecule has 1 aromatic carbocycles. The molecule has 0 saturated carbocycles. The van der Waals surface area contributed by atoms with Crippen LogP contribution in [0.4, 0.5) is 10.1 Å². The van der Waals surface area contributed by atoms with Crippen LogP contribution in [-0.4, -0.2) is 17.0 Å². The topological polar surface area (TPSA) is 74.5 Å². The van der Waals surface area contributed by atoms with Gasteiger partial charge in [-0.05, 0) is 17.7 Å². The number of rotatable bonds is 5. The first kappa shape index (κ1) is 13.7. The van der Waals surface area contributed by atoms with Crippen LogP contribution in [0.15, 0.2) is 36.5 Å². The van der Waals surface area contributed by atoms with Gasteiger partial charge in [0.05, 0.1) is 12.0 Å². The lowest BCUT2D eigenvalue weighted by atomic mass is 10.2. The van der Waals surface area contributed by atoms with Gasteiger partial charge in [0.15, 0.2) is 0 Å². The maximum Gasteiger partial charge on any atom is 0.365 e. The highest BCUT2D eigenvalue weighted by molar-refractivity contribution is 5.44. The van der Waals surface area contributed by atoms with E-state index in [4.69, 9.17) is 9.47 Å². The van der Waals surface area contributed by atoms with Crippen molar-refractivity contribution in [1.82, 2.24) is 4.98 Å². The van der Waals surface area contributed by atoms with Gasteiger partial charge in [-0.2, -0.15) is 4.39 Å². The molecule has 0 bridgehead atoms. The van der Waals surface area contributed by atoms with E-state index < -0.39 is 16.6 Å². The van der Waals surface area contributed by atoms with Gasteiger partial charge in [-0.1, -0.05) is 12.1 Å². The molecular weight excluding hydrogens is 267 g/mol. The molecule has 6 nitrogen and oxygen atoms in total. The standard InChI is InChI=1S/C13H11FN2O4/c1-19-10-4-2-9(3-5-10)8-20-11-6-7-15-13(14)12(11)16(17)18/h2-7H,8H2,1H3. The molecule has 7 heteroatoms. The summed E-state index contributed by atoms with van der Waals surface area (Å²) < 4.78 is 23.6. The summed E-state index contributed by atoms with van der Waals surface area (Å²) in [4.78, 5) is 13.1. The molecule has 0 atom stereocenters. The van der Waals surface area contributed by atoms with E-state index in [2.05, 4.69) is 4.98 Å². The lowest BCUT2D eigenvalue weighted by molar-refractivity contribution is -0.389. The Morgan fingerprint density at radius 2 is 2.00 bits per heavy atom. The van der Waals surface area contributed by atoms with Crippen molar-refractivity contribution in [3.63, 3.8) is 0 Å². The zero-order chi connectivity index (χ0) is 14.5. The largest absolute Gasteiger partial charge is 0.497 e. The van der Waals surface area contributed by atoms with Gasteiger partial charge in [0.2, 0.25) is 5.75 Å². The Morgan fingerprint density at radius 1 is 1.30 bits per heavy atom. The first-order valence-corrected chi connectivity index (χ1v) is 5.66. The summed E-state index contributed by atoms with van der Waals surface area (Å²) in [7, 11) is 1.55. The summed E-state index contributed by atoms with van der Waals surface area (Å²) in [6, 6.07) is 8.23. The van der Waals surface area contributed by atoms with Gasteiger partial charge >= 0.3 is 5.69 Å². The van der Waals surface area contributed by atoms with Crippen molar-refractivity contribution in [3.05, 3.63) is 58.2 Å². The van der Waals surface area contributed by atoms with Crippen LogP contribution >= 0.6 is 0 Å². The Hall–Kier alpha value is -2.70. The molecule has 20 heavy (non-hydrogen) atoms. The predicted molar refractivity (Wildman–Crippen MR) is 68.2 cm³/mol. The summed E-state index contributed by atoms with van der Waals surface area (Å²) in [5, 5.41) is 10.8. The molecule has 1 heterocycles. The first-order chi connectivity index (χ1) is 9.61. The molecule has 2 rings (SSSR count). The van der Waals surface area contributed by atoms with Crippen LogP contribution in [0, 0.1) is 16.1 Å². The highest BCUT2D eigenvalue weighted by Gasteiger charge is 2.22. The molecule has 0 fully saturated rings. The van der Waals surface area contributed by atoms with E-state index >= 15 is 0 Å². The third-order valence-corrected chi connectivity index (χ3v) is 2.58.